The number of rotatable bonds is 5. The van der Waals surface area contributed by atoms with E-state index < -0.39 is 29.4 Å². The van der Waals surface area contributed by atoms with Gasteiger partial charge in [-0.15, -0.1) is 0 Å². The molecule has 4 rings (SSSR count). The lowest BCUT2D eigenvalue weighted by atomic mass is 10.2. The van der Waals surface area contributed by atoms with E-state index in [4.69, 9.17) is 0 Å². The minimum Gasteiger partial charge on any atom is -0.325 e. The first-order valence-electron chi connectivity index (χ1n) is 9.88. The van der Waals surface area contributed by atoms with Crippen molar-refractivity contribution in [2.24, 2.45) is 0 Å². The summed E-state index contributed by atoms with van der Waals surface area (Å²) >= 11 is 0.806. The van der Waals surface area contributed by atoms with Gasteiger partial charge in [0.2, 0.25) is 5.91 Å². The van der Waals surface area contributed by atoms with Gasteiger partial charge >= 0.3 is 0 Å². The second-order valence-corrected chi connectivity index (χ2v) is 8.31. The van der Waals surface area contributed by atoms with Gasteiger partial charge in [-0.05, 0) is 79.7 Å². The molecule has 1 fully saturated rings. The van der Waals surface area contributed by atoms with Crippen molar-refractivity contribution >= 4 is 40.6 Å². The van der Waals surface area contributed by atoms with Gasteiger partial charge in [0.1, 0.15) is 12.4 Å². The van der Waals surface area contributed by atoms with Crippen LogP contribution in [0.2, 0.25) is 0 Å². The molecule has 32 heavy (non-hydrogen) atoms. The second-order valence-electron chi connectivity index (χ2n) is 7.32. The van der Waals surface area contributed by atoms with Gasteiger partial charge < -0.3 is 9.88 Å². The summed E-state index contributed by atoms with van der Waals surface area (Å²) in [6, 6.07) is 17.0. The van der Waals surface area contributed by atoms with E-state index in [0.29, 0.717) is 5.69 Å². The molecule has 1 aliphatic heterocycles. The lowest BCUT2D eigenvalue weighted by molar-refractivity contribution is -0.127. The van der Waals surface area contributed by atoms with Gasteiger partial charge in [0, 0.05) is 22.8 Å². The molecule has 0 unspecified atom stereocenters. The minimum atomic E-state index is -0.539. The van der Waals surface area contributed by atoms with Gasteiger partial charge in [0.25, 0.3) is 11.1 Å². The minimum absolute atomic E-state index is 0.262. The first-order chi connectivity index (χ1) is 15.3. The summed E-state index contributed by atoms with van der Waals surface area (Å²) in [7, 11) is 0. The zero-order valence-electron chi connectivity index (χ0n) is 17.5. The lowest BCUT2D eigenvalue weighted by Gasteiger charge is -2.12. The van der Waals surface area contributed by atoms with E-state index in [2.05, 4.69) is 9.88 Å². The van der Waals surface area contributed by atoms with Gasteiger partial charge in [-0.3, -0.25) is 19.3 Å². The molecule has 1 saturated heterocycles. The van der Waals surface area contributed by atoms with Gasteiger partial charge in [0.05, 0.1) is 4.91 Å². The Morgan fingerprint density at radius 2 is 1.75 bits per heavy atom. The maximum Gasteiger partial charge on any atom is 0.294 e. The first kappa shape index (κ1) is 21.6. The fourth-order valence-electron chi connectivity index (χ4n) is 3.56. The average molecular weight is 450 g/mol. The van der Waals surface area contributed by atoms with Crippen molar-refractivity contribution < 1.29 is 18.8 Å². The van der Waals surface area contributed by atoms with Gasteiger partial charge in [0.15, 0.2) is 0 Å². The Morgan fingerprint density at radius 3 is 2.44 bits per heavy atom. The molecular formula is C24H20FN3O3S. The summed E-state index contributed by atoms with van der Waals surface area (Å²) in [5.41, 5.74) is 4.15. The molecule has 1 N–H and O–H groups in total. The van der Waals surface area contributed by atoms with Crippen LogP contribution < -0.4 is 5.32 Å². The third kappa shape index (κ3) is 4.36. The highest BCUT2D eigenvalue weighted by atomic mass is 32.2. The van der Waals surface area contributed by atoms with Crippen LogP contribution in [0.1, 0.15) is 17.0 Å². The summed E-state index contributed by atoms with van der Waals surface area (Å²) in [6.45, 7) is 3.51. The molecule has 0 aliphatic carbocycles. The summed E-state index contributed by atoms with van der Waals surface area (Å²) < 4.78 is 15.1. The number of amides is 3. The maximum absolute atomic E-state index is 13.0. The molecule has 0 spiro atoms. The van der Waals surface area contributed by atoms with Crippen molar-refractivity contribution in [2.45, 2.75) is 13.8 Å². The van der Waals surface area contributed by atoms with E-state index in [1.54, 1.807) is 6.08 Å². The molecule has 6 nitrogen and oxygen atoms in total. The molecule has 0 saturated carbocycles. The van der Waals surface area contributed by atoms with E-state index in [-0.39, 0.29) is 4.91 Å². The van der Waals surface area contributed by atoms with Crippen molar-refractivity contribution in [3.63, 3.8) is 0 Å². The van der Waals surface area contributed by atoms with Crippen LogP contribution in [-0.2, 0) is 9.59 Å². The molecule has 162 valence electrons. The van der Waals surface area contributed by atoms with Crippen molar-refractivity contribution in [2.75, 3.05) is 11.9 Å². The lowest BCUT2D eigenvalue weighted by Crippen LogP contribution is -2.36. The zero-order valence-corrected chi connectivity index (χ0v) is 18.3. The van der Waals surface area contributed by atoms with Crippen LogP contribution in [-0.4, -0.2) is 33.1 Å². The molecule has 0 atom stereocenters. The molecule has 2 aromatic carbocycles. The highest BCUT2D eigenvalue weighted by Gasteiger charge is 2.36. The van der Waals surface area contributed by atoms with Crippen molar-refractivity contribution in [1.82, 2.24) is 9.47 Å². The van der Waals surface area contributed by atoms with Crippen LogP contribution in [0.4, 0.5) is 14.9 Å². The molecule has 0 bridgehead atoms. The van der Waals surface area contributed by atoms with E-state index in [0.717, 1.165) is 39.3 Å². The fraction of sp³-hybridized carbons (Fsp3) is 0.125. The highest BCUT2D eigenvalue weighted by molar-refractivity contribution is 8.18. The summed E-state index contributed by atoms with van der Waals surface area (Å²) in [5.74, 6) is -1.48. The molecule has 3 amide bonds. The van der Waals surface area contributed by atoms with Crippen LogP contribution in [0.3, 0.4) is 0 Å². The molecule has 1 aliphatic rings. The van der Waals surface area contributed by atoms with E-state index in [9.17, 15) is 18.8 Å². The van der Waals surface area contributed by atoms with Gasteiger partial charge in [-0.1, -0.05) is 18.2 Å². The van der Waals surface area contributed by atoms with E-state index in [1.807, 2.05) is 50.2 Å². The SMILES string of the molecule is Cc1cc(/C=C2\SC(=O)N(CC(=O)Nc3ccc(F)cc3)C2=O)c(C)n1-c1ccccc1. The predicted molar refractivity (Wildman–Crippen MR) is 123 cm³/mol. The highest BCUT2D eigenvalue weighted by Crippen LogP contribution is 2.33. The fourth-order valence-corrected chi connectivity index (χ4v) is 4.39. The zero-order chi connectivity index (χ0) is 22.8. The van der Waals surface area contributed by atoms with Crippen molar-refractivity contribution in [1.29, 1.82) is 0 Å². The topological polar surface area (TPSA) is 71.4 Å². The number of anilines is 1. The molecule has 3 aromatic rings. The number of para-hydroxylation sites is 1. The Morgan fingerprint density at radius 1 is 1.06 bits per heavy atom. The van der Waals surface area contributed by atoms with Crippen LogP contribution in [0.15, 0.2) is 65.6 Å². The van der Waals surface area contributed by atoms with Crippen LogP contribution in [0, 0.1) is 19.7 Å². The number of thioether (sulfide) groups is 1. The number of carbonyl (C=O) groups excluding carboxylic acids is 3. The molecule has 0 radical (unpaired) electrons. The number of nitrogens with one attached hydrogen (secondary N) is 1. The number of imide groups is 1. The van der Waals surface area contributed by atoms with Crippen LogP contribution in [0.25, 0.3) is 11.8 Å². The Labute approximate surface area is 188 Å². The Balaban J connectivity index is 1.51. The van der Waals surface area contributed by atoms with Crippen LogP contribution in [0.5, 0.6) is 0 Å². The Hall–Kier alpha value is -3.65. The molecular weight excluding hydrogens is 429 g/mol. The Kier molecular flexibility index (Phi) is 5.96. The standard InChI is InChI=1S/C24H20FN3O3S/c1-15-12-17(16(2)28(15)20-6-4-3-5-7-20)13-21-23(30)27(24(31)32-21)14-22(29)26-19-10-8-18(25)9-11-19/h3-13H,14H2,1-2H3,(H,26,29)/b21-13-. The summed E-state index contributed by atoms with van der Waals surface area (Å²) in [5, 5.41) is 2.05. The van der Waals surface area contributed by atoms with Gasteiger partial charge in [-0.2, -0.15) is 0 Å². The number of hydrogen-bond donors (Lipinski definition) is 1. The molecule has 8 heteroatoms. The monoisotopic (exact) mass is 449 g/mol. The Bertz CT molecular complexity index is 1230. The number of carbonyl (C=O) groups is 3. The normalized spacial score (nSPS) is 15.0. The number of benzene rings is 2. The molecule has 2 heterocycles. The van der Waals surface area contributed by atoms with Crippen molar-refractivity contribution in [3.05, 3.63) is 88.3 Å². The largest absolute Gasteiger partial charge is 0.325 e. The number of halogens is 1. The summed E-state index contributed by atoms with van der Waals surface area (Å²) in [6.07, 6.45) is 1.69. The number of aryl methyl sites for hydroxylation is 1. The van der Waals surface area contributed by atoms with Crippen molar-refractivity contribution in [3.8, 4) is 5.69 Å². The van der Waals surface area contributed by atoms with Gasteiger partial charge in [-0.25, -0.2) is 4.39 Å². The van der Waals surface area contributed by atoms with E-state index >= 15 is 0 Å². The first-order valence-corrected chi connectivity index (χ1v) is 10.7. The predicted octanol–water partition coefficient (Wildman–Crippen LogP) is 4.91. The average Bonchev–Trinajstić information content (AvgIpc) is 3.19. The maximum atomic E-state index is 13.0. The quantitative estimate of drug-likeness (QED) is 0.562. The number of hydrogen-bond acceptors (Lipinski definition) is 4. The molecule has 1 aromatic heterocycles. The smallest absolute Gasteiger partial charge is 0.294 e. The number of aromatic nitrogens is 1. The van der Waals surface area contributed by atoms with Crippen LogP contribution >= 0.6 is 11.8 Å². The number of nitrogens with zero attached hydrogens (tertiary/aromatic N) is 2. The summed E-state index contributed by atoms with van der Waals surface area (Å²) in [4.78, 5) is 38.7. The van der Waals surface area contributed by atoms with E-state index in [1.165, 1.54) is 24.3 Å². The third-order valence-corrected chi connectivity index (χ3v) is 5.98. The second kappa shape index (κ2) is 8.84. The third-order valence-electron chi connectivity index (χ3n) is 5.07.